The van der Waals surface area contributed by atoms with Crippen LogP contribution in [-0.2, 0) is 4.79 Å². The molecule has 0 unspecified atom stereocenters. The minimum absolute atomic E-state index is 0.255. The number of carbonyl (C=O) groups is 1. The van der Waals surface area contributed by atoms with Crippen molar-refractivity contribution < 1.29 is 18.7 Å². The van der Waals surface area contributed by atoms with Crippen LogP contribution >= 0.6 is 0 Å². The first-order valence-corrected chi connectivity index (χ1v) is 9.34. The highest BCUT2D eigenvalue weighted by Gasteiger charge is 2.09. The number of ether oxygens (including phenoxy) is 2. The molecule has 3 aromatic carbocycles. The number of anilines is 1. The van der Waals surface area contributed by atoms with E-state index in [1.54, 1.807) is 26.4 Å². The third-order valence-electron chi connectivity index (χ3n) is 4.54. The van der Waals surface area contributed by atoms with Gasteiger partial charge in [-0.15, -0.1) is 0 Å². The van der Waals surface area contributed by atoms with Crippen LogP contribution in [0.1, 0.15) is 5.56 Å². The SMILES string of the molecule is COc1cccc(/C=C/C(=O)Nc2ccc(-c3nc4ccccc4o3)cc2)c1OC. The predicted molar refractivity (Wildman–Crippen MR) is 117 cm³/mol. The van der Waals surface area contributed by atoms with Crippen molar-refractivity contribution in [2.24, 2.45) is 0 Å². The highest BCUT2D eigenvalue weighted by Crippen LogP contribution is 2.31. The van der Waals surface area contributed by atoms with Crippen LogP contribution in [0.2, 0.25) is 0 Å². The van der Waals surface area contributed by atoms with E-state index in [0.717, 1.165) is 22.2 Å². The first-order valence-electron chi connectivity index (χ1n) is 9.34. The molecule has 0 saturated heterocycles. The molecule has 0 spiro atoms. The standard InChI is InChI=1S/C24H20N2O4/c1-28-21-9-5-6-16(23(21)29-2)12-15-22(27)25-18-13-10-17(11-14-18)24-26-19-7-3-4-8-20(19)30-24/h3-15H,1-2H3,(H,25,27)/b15-12+. The van der Waals surface area contributed by atoms with Crippen molar-refractivity contribution >= 4 is 28.8 Å². The zero-order valence-corrected chi connectivity index (χ0v) is 16.6. The third kappa shape index (κ3) is 4.03. The topological polar surface area (TPSA) is 73.6 Å². The van der Waals surface area contributed by atoms with E-state index in [4.69, 9.17) is 13.9 Å². The monoisotopic (exact) mass is 400 g/mol. The number of nitrogens with zero attached hydrogens (tertiary/aromatic N) is 1. The molecule has 6 heteroatoms. The fraction of sp³-hybridized carbons (Fsp3) is 0.0833. The summed E-state index contributed by atoms with van der Waals surface area (Å²) in [6.45, 7) is 0. The van der Waals surface area contributed by atoms with Gasteiger partial charge in [0, 0.05) is 22.9 Å². The molecule has 0 radical (unpaired) electrons. The number of rotatable bonds is 6. The zero-order chi connectivity index (χ0) is 20.9. The first kappa shape index (κ1) is 19.3. The number of hydrogen-bond donors (Lipinski definition) is 1. The molecule has 1 heterocycles. The Kier molecular flexibility index (Phi) is 5.48. The molecule has 1 amide bonds. The van der Waals surface area contributed by atoms with Gasteiger partial charge in [0.1, 0.15) is 5.52 Å². The van der Waals surface area contributed by atoms with E-state index < -0.39 is 0 Å². The van der Waals surface area contributed by atoms with Crippen molar-refractivity contribution in [3.8, 4) is 23.0 Å². The summed E-state index contributed by atoms with van der Waals surface area (Å²) in [4.78, 5) is 16.8. The van der Waals surface area contributed by atoms with Crippen LogP contribution in [0, 0.1) is 0 Å². The van der Waals surface area contributed by atoms with Gasteiger partial charge in [-0.2, -0.15) is 0 Å². The van der Waals surface area contributed by atoms with Crippen molar-refractivity contribution in [3.05, 3.63) is 78.4 Å². The van der Waals surface area contributed by atoms with Crippen LogP contribution in [0.4, 0.5) is 5.69 Å². The summed E-state index contributed by atoms with van der Waals surface area (Å²) in [6, 6.07) is 20.4. The Morgan fingerprint density at radius 1 is 0.967 bits per heavy atom. The summed E-state index contributed by atoms with van der Waals surface area (Å²) in [6.07, 6.45) is 3.13. The largest absolute Gasteiger partial charge is 0.493 e. The highest BCUT2D eigenvalue weighted by atomic mass is 16.5. The van der Waals surface area contributed by atoms with Gasteiger partial charge in [-0.05, 0) is 48.5 Å². The molecule has 150 valence electrons. The minimum Gasteiger partial charge on any atom is -0.493 e. The summed E-state index contributed by atoms with van der Waals surface area (Å²) in [5.41, 5.74) is 3.80. The molecule has 4 aromatic rings. The van der Waals surface area contributed by atoms with Crippen molar-refractivity contribution in [2.45, 2.75) is 0 Å². The Labute approximate surface area is 173 Å². The van der Waals surface area contributed by atoms with Gasteiger partial charge in [0.2, 0.25) is 11.8 Å². The van der Waals surface area contributed by atoms with Crippen molar-refractivity contribution in [1.82, 2.24) is 4.98 Å². The lowest BCUT2D eigenvalue weighted by atomic mass is 10.1. The van der Waals surface area contributed by atoms with Crippen LogP contribution in [0.3, 0.4) is 0 Å². The second-order valence-corrected chi connectivity index (χ2v) is 6.47. The van der Waals surface area contributed by atoms with Crippen LogP contribution in [-0.4, -0.2) is 25.1 Å². The molecule has 1 aromatic heterocycles. The normalized spacial score (nSPS) is 11.0. The smallest absolute Gasteiger partial charge is 0.248 e. The lowest BCUT2D eigenvalue weighted by Crippen LogP contribution is -2.07. The van der Waals surface area contributed by atoms with Crippen molar-refractivity contribution in [1.29, 1.82) is 0 Å². The van der Waals surface area contributed by atoms with Crippen LogP contribution in [0.15, 0.2) is 77.2 Å². The predicted octanol–water partition coefficient (Wildman–Crippen LogP) is 5.16. The van der Waals surface area contributed by atoms with Gasteiger partial charge in [-0.3, -0.25) is 4.79 Å². The van der Waals surface area contributed by atoms with E-state index in [0.29, 0.717) is 23.1 Å². The van der Waals surface area contributed by atoms with Crippen LogP contribution in [0.25, 0.3) is 28.6 Å². The fourth-order valence-corrected chi connectivity index (χ4v) is 3.08. The maximum atomic E-state index is 12.3. The number of oxazole rings is 1. The molecular formula is C24H20N2O4. The van der Waals surface area contributed by atoms with Gasteiger partial charge in [-0.25, -0.2) is 4.98 Å². The number of carbonyl (C=O) groups excluding carboxylic acids is 1. The average molecular weight is 400 g/mol. The number of aromatic nitrogens is 1. The number of fused-ring (bicyclic) bond motifs is 1. The molecule has 30 heavy (non-hydrogen) atoms. The molecular weight excluding hydrogens is 380 g/mol. The van der Waals surface area contributed by atoms with E-state index in [1.165, 1.54) is 6.08 Å². The first-order chi connectivity index (χ1) is 14.7. The Bertz CT molecular complexity index is 1180. The Hall–Kier alpha value is -4.06. The maximum absolute atomic E-state index is 12.3. The second-order valence-electron chi connectivity index (χ2n) is 6.47. The van der Waals surface area contributed by atoms with Crippen molar-refractivity contribution in [2.75, 3.05) is 19.5 Å². The summed E-state index contributed by atoms with van der Waals surface area (Å²) >= 11 is 0. The molecule has 0 saturated carbocycles. The molecule has 0 aliphatic heterocycles. The number of methoxy groups -OCH3 is 2. The lowest BCUT2D eigenvalue weighted by Gasteiger charge is -2.09. The molecule has 4 rings (SSSR count). The minimum atomic E-state index is -0.255. The summed E-state index contributed by atoms with van der Waals surface area (Å²) in [5, 5.41) is 2.83. The van der Waals surface area contributed by atoms with E-state index in [9.17, 15) is 4.79 Å². The van der Waals surface area contributed by atoms with Gasteiger partial charge in [-0.1, -0.05) is 24.3 Å². The average Bonchev–Trinajstić information content (AvgIpc) is 3.22. The van der Waals surface area contributed by atoms with Gasteiger partial charge < -0.3 is 19.2 Å². The molecule has 0 aliphatic carbocycles. The lowest BCUT2D eigenvalue weighted by molar-refractivity contribution is -0.111. The molecule has 0 aliphatic rings. The molecule has 0 atom stereocenters. The quantitative estimate of drug-likeness (QED) is 0.452. The number of hydrogen-bond acceptors (Lipinski definition) is 5. The van der Waals surface area contributed by atoms with Gasteiger partial charge in [0.25, 0.3) is 0 Å². The summed E-state index contributed by atoms with van der Waals surface area (Å²) in [7, 11) is 3.14. The highest BCUT2D eigenvalue weighted by molar-refractivity contribution is 6.02. The van der Waals surface area contributed by atoms with E-state index in [2.05, 4.69) is 10.3 Å². The van der Waals surface area contributed by atoms with E-state index in [1.807, 2.05) is 60.7 Å². The number of nitrogens with one attached hydrogen (secondary N) is 1. The Morgan fingerprint density at radius 3 is 2.50 bits per heavy atom. The summed E-state index contributed by atoms with van der Waals surface area (Å²) in [5.74, 6) is 1.47. The maximum Gasteiger partial charge on any atom is 0.248 e. The van der Waals surface area contributed by atoms with Gasteiger partial charge in [0.05, 0.1) is 14.2 Å². The Balaban J connectivity index is 1.46. The van der Waals surface area contributed by atoms with Crippen LogP contribution in [0.5, 0.6) is 11.5 Å². The van der Waals surface area contributed by atoms with Crippen LogP contribution < -0.4 is 14.8 Å². The van der Waals surface area contributed by atoms with Gasteiger partial charge >= 0.3 is 0 Å². The molecule has 1 N–H and O–H groups in total. The fourth-order valence-electron chi connectivity index (χ4n) is 3.08. The molecule has 0 fully saturated rings. The van der Waals surface area contributed by atoms with Gasteiger partial charge in [0.15, 0.2) is 17.1 Å². The molecule has 0 bridgehead atoms. The second kappa shape index (κ2) is 8.53. The zero-order valence-electron chi connectivity index (χ0n) is 16.6. The van der Waals surface area contributed by atoms with E-state index >= 15 is 0 Å². The van der Waals surface area contributed by atoms with Crippen molar-refractivity contribution in [3.63, 3.8) is 0 Å². The third-order valence-corrected chi connectivity index (χ3v) is 4.54. The van der Waals surface area contributed by atoms with E-state index in [-0.39, 0.29) is 5.91 Å². The number of amides is 1. The molecule has 6 nitrogen and oxygen atoms in total. The summed E-state index contributed by atoms with van der Waals surface area (Å²) < 4.78 is 16.4. The number of para-hydroxylation sites is 3. The Morgan fingerprint density at radius 2 is 1.77 bits per heavy atom. The number of benzene rings is 3.